The van der Waals surface area contributed by atoms with Gasteiger partial charge in [0.2, 0.25) is 5.43 Å². The number of hydrogen-bond acceptors (Lipinski definition) is 8. The first-order valence-corrected chi connectivity index (χ1v) is 13.4. The Morgan fingerprint density at radius 2 is 1.70 bits per heavy atom. The van der Waals surface area contributed by atoms with E-state index in [2.05, 4.69) is 15.3 Å². The highest BCUT2D eigenvalue weighted by atomic mass is 19.1. The number of ether oxygens (including phenoxy) is 3. The van der Waals surface area contributed by atoms with Gasteiger partial charge in [0.25, 0.3) is 5.91 Å². The first-order valence-electron chi connectivity index (χ1n) is 13.4. The quantitative estimate of drug-likeness (QED) is 0.239. The van der Waals surface area contributed by atoms with Crippen molar-refractivity contribution in [2.24, 2.45) is 0 Å². The van der Waals surface area contributed by atoms with Gasteiger partial charge in [-0.05, 0) is 56.1 Å². The number of amides is 1. The molecule has 0 saturated heterocycles. The summed E-state index contributed by atoms with van der Waals surface area (Å²) < 4.78 is 32.2. The third kappa shape index (κ3) is 6.62. The fourth-order valence-electron chi connectivity index (χ4n) is 4.43. The number of likely N-dealkylation sites (N-methyl/N-ethyl adjacent to an activating group) is 1. The van der Waals surface area contributed by atoms with Gasteiger partial charge in [0, 0.05) is 48.7 Å². The minimum absolute atomic E-state index is 0.0599. The number of carbonyl (C=O) groups is 1. The number of aromatic nitrogens is 3. The van der Waals surface area contributed by atoms with E-state index in [-0.39, 0.29) is 11.4 Å². The molecule has 0 aliphatic rings. The Balaban J connectivity index is 1.38. The summed E-state index contributed by atoms with van der Waals surface area (Å²) in [5.41, 5.74) is 0.934. The molecule has 0 atom stereocenters. The van der Waals surface area contributed by atoms with Crippen LogP contribution in [0.4, 0.5) is 10.2 Å². The first kappa shape index (κ1) is 29.2. The van der Waals surface area contributed by atoms with Crippen LogP contribution in [0.2, 0.25) is 0 Å². The van der Waals surface area contributed by atoms with Crippen molar-refractivity contribution in [2.45, 2.75) is 6.54 Å². The van der Waals surface area contributed by atoms with E-state index in [9.17, 15) is 14.0 Å². The monoisotopic (exact) mass is 583 g/mol. The maximum Gasteiger partial charge on any atom is 0.262 e. The maximum absolute atomic E-state index is 13.5. The topological polar surface area (TPSA) is 108 Å². The van der Waals surface area contributed by atoms with Crippen LogP contribution in [0.5, 0.6) is 23.0 Å². The number of rotatable bonds is 10. The number of hydrogen-bond donors (Lipinski definition) is 1. The van der Waals surface area contributed by atoms with Gasteiger partial charge >= 0.3 is 0 Å². The van der Waals surface area contributed by atoms with Crippen LogP contribution in [0.15, 0.2) is 84.2 Å². The molecule has 0 fully saturated rings. The zero-order chi connectivity index (χ0) is 30.5. The smallest absolute Gasteiger partial charge is 0.262 e. The third-order valence-electron chi connectivity index (χ3n) is 6.70. The highest BCUT2D eigenvalue weighted by Crippen LogP contribution is 2.36. The van der Waals surface area contributed by atoms with E-state index >= 15 is 0 Å². The van der Waals surface area contributed by atoms with Crippen molar-refractivity contribution in [2.75, 3.05) is 40.2 Å². The molecule has 0 aliphatic heterocycles. The Kier molecular flexibility index (Phi) is 8.63. The van der Waals surface area contributed by atoms with Gasteiger partial charge in [-0.3, -0.25) is 14.6 Å². The van der Waals surface area contributed by atoms with E-state index in [0.29, 0.717) is 58.1 Å². The van der Waals surface area contributed by atoms with Gasteiger partial charge in [-0.15, -0.1) is 0 Å². The number of nitrogens with one attached hydrogen (secondary N) is 1. The Morgan fingerprint density at radius 1 is 0.953 bits per heavy atom. The fourth-order valence-corrected chi connectivity index (χ4v) is 4.43. The summed E-state index contributed by atoms with van der Waals surface area (Å²) in [5, 5.41) is 3.41. The van der Waals surface area contributed by atoms with Gasteiger partial charge in [-0.1, -0.05) is 12.1 Å². The lowest BCUT2D eigenvalue weighted by atomic mass is 10.0. The summed E-state index contributed by atoms with van der Waals surface area (Å²) in [6.07, 6.45) is 6.28. The summed E-state index contributed by atoms with van der Waals surface area (Å²) >= 11 is 0. The number of pyridine rings is 3. The van der Waals surface area contributed by atoms with Crippen LogP contribution in [0, 0.1) is 5.82 Å². The van der Waals surface area contributed by atoms with E-state index in [0.717, 1.165) is 0 Å². The number of carbonyl (C=O) groups excluding carboxylic acids is 1. The fraction of sp³-hybridized carbons (Fsp3) is 0.188. The Morgan fingerprint density at radius 3 is 2.37 bits per heavy atom. The number of fused-ring (bicyclic) bond motifs is 1. The van der Waals surface area contributed by atoms with Crippen molar-refractivity contribution >= 4 is 22.6 Å². The first-order chi connectivity index (χ1) is 20.7. The van der Waals surface area contributed by atoms with Crippen LogP contribution >= 0.6 is 0 Å². The molecule has 1 N–H and O–H groups in total. The molecule has 3 aromatic heterocycles. The van der Waals surface area contributed by atoms with Gasteiger partial charge in [0.05, 0.1) is 25.9 Å². The summed E-state index contributed by atoms with van der Waals surface area (Å²) in [4.78, 5) is 37.4. The molecule has 0 saturated carbocycles. The second kappa shape index (κ2) is 12.7. The van der Waals surface area contributed by atoms with E-state index < -0.39 is 17.2 Å². The van der Waals surface area contributed by atoms with Crippen LogP contribution in [0.1, 0.15) is 10.4 Å². The predicted octanol–water partition coefficient (Wildman–Crippen LogP) is 5.22. The zero-order valence-corrected chi connectivity index (χ0v) is 24.1. The number of benzene rings is 2. The molecule has 43 heavy (non-hydrogen) atoms. The lowest BCUT2D eigenvalue weighted by Gasteiger charge is -2.15. The second-order valence-electron chi connectivity index (χ2n) is 9.93. The summed E-state index contributed by atoms with van der Waals surface area (Å²) in [7, 11) is 6.97. The average molecular weight is 584 g/mol. The lowest BCUT2D eigenvalue weighted by molar-refractivity contribution is 0.102. The van der Waals surface area contributed by atoms with Crippen LogP contribution < -0.4 is 25.0 Å². The molecule has 11 heteroatoms. The Hall–Kier alpha value is -5.29. The third-order valence-corrected chi connectivity index (χ3v) is 6.70. The molecular formula is C32H30FN5O5. The maximum atomic E-state index is 13.5. The molecule has 1 amide bonds. The average Bonchev–Trinajstić information content (AvgIpc) is 3.01. The predicted molar refractivity (Wildman–Crippen MR) is 162 cm³/mol. The molecule has 0 spiro atoms. The molecule has 5 rings (SSSR count). The van der Waals surface area contributed by atoms with Gasteiger partial charge in [-0.2, -0.15) is 0 Å². The summed E-state index contributed by atoms with van der Waals surface area (Å²) in [5.74, 6) is 1.23. The summed E-state index contributed by atoms with van der Waals surface area (Å²) in [6, 6.07) is 14.1. The minimum atomic E-state index is -0.616. The summed E-state index contributed by atoms with van der Waals surface area (Å²) in [6.45, 7) is 1.22. The molecule has 0 unspecified atom stereocenters. The highest BCUT2D eigenvalue weighted by molar-refractivity contribution is 6.04. The van der Waals surface area contributed by atoms with E-state index in [1.807, 2.05) is 19.0 Å². The van der Waals surface area contributed by atoms with Crippen LogP contribution in [-0.4, -0.2) is 60.2 Å². The van der Waals surface area contributed by atoms with Gasteiger partial charge in [0.15, 0.2) is 11.5 Å². The lowest BCUT2D eigenvalue weighted by Crippen LogP contribution is -2.26. The van der Waals surface area contributed by atoms with Gasteiger partial charge < -0.3 is 29.0 Å². The number of halogens is 1. The van der Waals surface area contributed by atoms with Gasteiger partial charge in [0.1, 0.15) is 28.7 Å². The second-order valence-corrected chi connectivity index (χ2v) is 9.93. The minimum Gasteiger partial charge on any atom is -0.493 e. The van der Waals surface area contributed by atoms with Crippen LogP contribution in [0.3, 0.4) is 0 Å². The molecule has 2 aromatic carbocycles. The van der Waals surface area contributed by atoms with Crippen molar-refractivity contribution in [3.05, 3.63) is 101 Å². The standard InChI is InChI=1S/C32H30FN5O5/c1-37(2)13-14-38-18-24(20-5-7-21(33)8-6-20)31(39)25(19-38)32(40)36-30-10-9-22(17-35-30)43-27-11-12-34-26-16-29(42-4)28(41-3)15-23(26)27/h5-12,15-19H,13-14H2,1-4H3,(H,35,36,40). The zero-order valence-electron chi connectivity index (χ0n) is 24.1. The largest absolute Gasteiger partial charge is 0.493 e. The van der Waals surface area contributed by atoms with Crippen LogP contribution in [-0.2, 0) is 6.54 Å². The van der Waals surface area contributed by atoms with E-state index in [1.165, 1.54) is 36.7 Å². The molecule has 5 aromatic rings. The van der Waals surface area contributed by atoms with Crippen LogP contribution in [0.25, 0.3) is 22.0 Å². The van der Waals surface area contributed by atoms with Crippen molar-refractivity contribution in [3.8, 4) is 34.1 Å². The van der Waals surface area contributed by atoms with Crippen molar-refractivity contribution in [3.63, 3.8) is 0 Å². The molecule has 10 nitrogen and oxygen atoms in total. The van der Waals surface area contributed by atoms with Gasteiger partial charge in [-0.25, -0.2) is 9.37 Å². The normalized spacial score (nSPS) is 11.0. The van der Waals surface area contributed by atoms with E-state index in [4.69, 9.17) is 14.2 Å². The van der Waals surface area contributed by atoms with Crippen molar-refractivity contribution in [1.82, 2.24) is 19.4 Å². The molecular weight excluding hydrogens is 553 g/mol. The van der Waals surface area contributed by atoms with E-state index in [1.54, 1.807) is 61.5 Å². The van der Waals surface area contributed by atoms with Crippen molar-refractivity contribution < 1.29 is 23.4 Å². The molecule has 3 heterocycles. The molecule has 0 radical (unpaired) electrons. The Labute approximate surface area is 247 Å². The van der Waals surface area contributed by atoms with Crippen molar-refractivity contribution in [1.29, 1.82) is 0 Å². The number of methoxy groups -OCH3 is 2. The molecule has 220 valence electrons. The Bertz CT molecular complexity index is 1820. The molecule has 0 aliphatic carbocycles. The number of nitrogens with zero attached hydrogens (tertiary/aromatic N) is 4. The SMILES string of the molecule is COc1cc2nccc(Oc3ccc(NC(=O)c4cn(CCN(C)C)cc(-c5ccc(F)cc5)c4=O)nc3)c2cc1OC. The molecule has 0 bridgehead atoms. The number of anilines is 1. The highest BCUT2D eigenvalue weighted by Gasteiger charge is 2.18.